The standard InChI is InChI=1S/C15H23N3O/c1-12-3-5-13(6-4-12)11-18-10-9-17(2)14(7-8-16)15(18)19/h3-6,14H,7-11,16H2,1-2H3. The van der Waals surface area contributed by atoms with Crippen LogP contribution in [0.25, 0.3) is 0 Å². The van der Waals surface area contributed by atoms with Gasteiger partial charge in [-0.25, -0.2) is 0 Å². The van der Waals surface area contributed by atoms with Crippen molar-refractivity contribution in [3.05, 3.63) is 35.4 Å². The van der Waals surface area contributed by atoms with Crippen LogP contribution < -0.4 is 5.73 Å². The Kier molecular flexibility index (Phi) is 4.56. The van der Waals surface area contributed by atoms with Crippen LogP contribution in [0.5, 0.6) is 0 Å². The van der Waals surface area contributed by atoms with Gasteiger partial charge in [-0.05, 0) is 32.5 Å². The van der Waals surface area contributed by atoms with Gasteiger partial charge >= 0.3 is 0 Å². The SMILES string of the molecule is Cc1ccc(CN2CCN(C)C(CCN)C2=O)cc1. The lowest BCUT2D eigenvalue weighted by molar-refractivity contribution is -0.141. The van der Waals surface area contributed by atoms with Gasteiger partial charge in [0.05, 0.1) is 6.04 Å². The Hall–Kier alpha value is -1.39. The molecule has 0 aliphatic carbocycles. The van der Waals surface area contributed by atoms with Gasteiger partial charge in [0.15, 0.2) is 0 Å². The molecule has 4 nitrogen and oxygen atoms in total. The van der Waals surface area contributed by atoms with Crippen LogP contribution in [0.4, 0.5) is 0 Å². The van der Waals surface area contributed by atoms with E-state index < -0.39 is 0 Å². The molecule has 1 unspecified atom stereocenters. The lowest BCUT2D eigenvalue weighted by atomic mass is 10.1. The van der Waals surface area contributed by atoms with Gasteiger partial charge < -0.3 is 10.6 Å². The van der Waals surface area contributed by atoms with E-state index in [1.54, 1.807) is 0 Å². The average Bonchev–Trinajstić information content (AvgIpc) is 2.40. The van der Waals surface area contributed by atoms with E-state index in [1.165, 1.54) is 11.1 Å². The Morgan fingerprint density at radius 3 is 2.58 bits per heavy atom. The van der Waals surface area contributed by atoms with Gasteiger partial charge in [-0.3, -0.25) is 9.69 Å². The molecule has 1 fully saturated rings. The molecule has 1 aromatic rings. The van der Waals surface area contributed by atoms with Crippen molar-refractivity contribution in [1.29, 1.82) is 0 Å². The Labute approximate surface area is 115 Å². The summed E-state index contributed by atoms with van der Waals surface area (Å²) in [6.45, 7) is 5.04. The van der Waals surface area contributed by atoms with E-state index in [0.29, 0.717) is 13.1 Å². The van der Waals surface area contributed by atoms with Crippen LogP contribution in [0, 0.1) is 6.92 Å². The van der Waals surface area contributed by atoms with Crippen molar-refractivity contribution in [2.45, 2.75) is 25.9 Å². The third-order valence-corrected chi connectivity index (χ3v) is 3.79. The molecule has 1 saturated heterocycles. The number of benzene rings is 1. The molecule has 0 radical (unpaired) electrons. The van der Waals surface area contributed by atoms with E-state index >= 15 is 0 Å². The van der Waals surface area contributed by atoms with Crippen LogP contribution in [0.2, 0.25) is 0 Å². The maximum atomic E-state index is 12.4. The van der Waals surface area contributed by atoms with Gasteiger partial charge in [0.25, 0.3) is 0 Å². The summed E-state index contributed by atoms with van der Waals surface area (Å²) in [5, 5.41) is 0. The molecule has 1 aliphatic rings. The van der Waals surface area contributed by atoms with Crippen molar-refractivity contribution in [1.82, 2.24) is 9.80 Å². The fourth-order valence-corrected chi connectivity index (χ4v) is 2.52. The maximum Gasteiger partial charge on any atom is 0.240 e. The molecule has 2 N–H and O–H groups in total. The number of carbonyl (C=O) groups excluding carboxylic acids is 1. The summed E-state index contributed by atoms with van der Waals surface area (Å²) in [5.74, 6) is 0.208. The van der Waals surface area contributed by atoms with E-state index in [0.717, 1.165) is 19.5 Å². The molecule has 2 rings (SSSR count). The largest absolute Gasteiger partial charge is 0.336 e. The quantitative estimate of drug-likeness (QED) is 0.879. The summed E-state index contributed by atoms with van der Waals surface area (Å²) >= 11 is 0. The van der Waals surface area contributed by atoms with Gasteiger partial charge in [0.1, 0.15) is 0 Å². The lowest BCUT2D eigenvalue weighted by Crippen LogP contribution is -2.55. The highest BCUT2D eigenvalue weighted by atomic mass is 16.2. The Bertz CT molecular complexity index is 430. The number of amides is 1. The van der Waals surface area contributed by atoms with Gasteiger partial charge in [-0.1, -0.05) is 29.8 Å². The van der Waals surface area contributed by atoms with Crippen LogP contribution in [0.15, 0.2) is 24.3 Å². The molecule has 1 aliphatic heterocycles. The zero-order valence-corrected chi connectivity index (χ0v) is 11.8. The molecule has 0 aromatic heterocycles. The summed E-state index contributed by atoms with van der Waals surface area (Å²) in [5.41, 5.74) is 8.04. The molecular formula is C15H23N3O. The van der Waals surface area contributed by atoms with Crippen molar-refractivity contribution >= 4 is 5.91 Å². The fraction of sp³-hybridized carbons (Fsp3) is 0.533. The van der Waals surface area contributed by atoms with Crippen LogP contribution >= 0.6 is 0 Å². The van der Waals surface area contributed by atoms with E-state index in [9.17, 15) is 4.79 Å². The van der Waals surface area contributed by atoms with Crippen LogP contribution in [0.3, 0.4) is 0 Å². The molecular weight excluding hydrogens is 238 g/mol. The smallest absolute Gasteiger partial charge is 0.240 e. The fourth-order valence-electron chi connectivity index (χ4n) is 2.52. The molecule has 1 amide bonds. The summed E-state index contributed by atoms with van der Waals surface area (Å²) in [7, 11) is 2.00. The topological polar surface area (TPSA) is 49.6 Å². The Balaban J connectivity index is 2.04. The molecule has 19 heavy (non-hydrogen) atoms. The molecule has 1 aromatic carbocycles. The number of hydrogen-bond acceptors (Lipinski definition) is 3. The number of rotatable bonds is 4. The summed E-state index contributed by atoms with van der Waals surface area (Å²) in [6.07, 6.45) is 0.736. The number of nitrogens with zero attached hydrogens (tertiary/aromatic N) is 2. The van der Waals surface area contributed by atoms with E-state index in [2.05, 4.69) is 36.1 Å². The number of likely N-dealkylation sites (N-methyl/N-ethyl adjacent to an activating group) is 1. The van der Waals surface area contributed by atoms with Gasteiger partial charge in [0, 0.05) is 19.6 Å². The van der Waals surface area contributed by atoms with Crippen molar-refractivity contribution in [3.63, 3.8) is 0 Å². The first-order valence-corrected chi connectivity index (χ1v) is 6.86. The van der Waals surface area contributed by atoms with Crippen molar-refractivity contribution in [3.8, 4) is 0 Å². The Morgan fingerprint density at radius 1 is 1.26 bits per heavy atom. The molecule has 1 heterocycles. The summed E-state index contributed by atoms with van der Waals surface area (Å²) < 4.78 is 0. The van der Waals surface area contributed by atoms with E-state index in [4.69, 9.17) is 5.73 Å². The lowest BCUT2D eigenvalue weighted by Gasteiger charge is -2.38. The highest BCUT2D eigenvalue weighted by Crippen LogP contribution is 2.15. The second-order valence-electron chi connectivity index (χ2n) is 5.32. The van der Waals surface area contributed by atoms with Crippen LogP contribution in [-0.2, 0) is 11.3 Å². The number of carbonyl (C=O) groups is 1. The Morgan fingerprint density at radius 2 is 1.95 bits per heavy atom. The second-order valence-corrected chi connectivity index (χ2v) is 5.32. The third kappa shape index (κ3) is 3.33. The molecule has 4 heteroatoms. The molecule has 0 saturated carbocycles. The zero-order valence-electron chi connectivity index (χ0n) is 11.8. The maximum absolute atomic E-state index is 12.4. The molecule has 1 atom stereocenters. The molecule has 0 spiro atoms. The van der Waals surface area contributed by atoms with Crippen LogP contribution in [-0.4, -0.2) is 48.4 Å². The minimum atomic E-state index is -0.0517. The predicted octanol–water partition coefficient (Wildman–Crippen LogP) is 0.986. The van der Waals surface area contributed by atoms with Gasteiger partial charge in [-0.15, -0.1) is 0 Å². The van der Waals surface area contributed by atoms with Crippen molar-refractivity contribution < 1.29 is 4.79 Å². The average molecular weight is 261 g/mol. The third-order valence-electron chi connectivity index (χ3n) is 3.79. The highest BCUT2D eigenvalue weighted by Gasteiger charge is 2.31. The number of piperazine rings is 1. The van der Waals surface area contributed by atoms with Gasteiger partial charge in [-0.2, -0.15) is 0 Å². The van der Waals surface area contributed by atoms with Crippen LogP contribution in [0.1, 0.15) is 17.5 Å². The van der Waals surface area contributed by atoms with Crippen molar-refractivity contribution in [2.24, 2.45) is 5.73 Å². The second kappa shape index (κ2) is 6.17. The monoisotopic (exact) mass is 261 g/mol. The highest BCUT2D eigenvalue weighted by molar-refractivity contribution is 5.82. The molecule has 104 valence electrons. The van der Waals surface area contributed by atoms with E-state index in [-0.39, 0.29) is 11.9 Å². The number of hydrogen-bond donors (Lipinski definition) is 1. The number of nitrogens with two attached hydrogens (primary N) is 1. The van der Waals surface area contributed by atoms with Gasteiger partial charge in [0.2, 0.25) is 5.91 Å². The molecule has 0 bridgehead atoms. The van der Waals surface area contributed by atoms with Crippen molar-refractivity contribution in [2.75, 3.05) is 26.7 Å². The zero-order chi connectivity index (χ0) is 13.8. The van der Waals surface area contributed by atoms with E-state index in [1.807, 2.05) is 11.9 Å². The minimum absolute atomic E-state index is 0.0517. The predicted molar refractivity (Wildman–Crippen MR) is 76.7 cm³/mol. The first kappa shape index (κ1) is 14.0. The first-order valence-electron chi connectivity index (χ1n) is 6.86. The summed E-state index contributed by atoms with van der Waals surface area (Å²) in [4.78, 5) is 16.5. The number of aryl methyl sites for hydroxylation is 1. The normalized spacial score (nSPS) is 20.9. The summed E-state index contributed by atoms with van der Waals surface area (Å²) in [6, 6.07) is 8.32. The minimum Gasteiger partial charge on any atom is -0.336 e. The first-order chi connectivity index (χ1) is 9.11.